The van der Waals surface area contributed by atoms with Crippen molar-refractivity contribution in [1.82, 2.24) is 25.1 Å². The largest absolute Gasteiger partial charge is 0.384 e. The SMILES string of the molecule is COCCc1nnc2n1CCNC2c1cccnc1. The van der Waals surface area contributed by atoms with Gasteiger partial charge in [-0.25, -0.2) is 0 Å². The van der Waals surface area contributed by atoms with Gasteiger partial charge in [0.1, 0.15) is 5.82 Å². The molecule has 2 aromatic heterocycles. The van der Waals surface area contributed by atoms with E-state index in [9.17, 15) is 0 Å². The summed E-state index contributed by atoms with van der Waals surface area (Å²) in [6, 6.07) is 4.08. The van der Waals surface area contributed by atoms with E-state index in [1.807, 2.05) is 12.3 Å². The van der Waals surface area contributed by atoms with Crippen LogP contribution in [0.1, 0.15) is 23.3 Å². The molecule has 1 atom stereocenters. The molecule has 6 nitrogen and oxygen atoms in total. The summed E-state index contributed by atoms with van der Waals surface area (Å²) in [5, 5.41) is 12.1. The third kappa shape index (κ3) is 2.36. The van der Waals surface area contributed by atoms with E-state index in [-0.39, 0.29) is 6.04 Å². The van der Waals surface area contributed by atoms with Crippen molar-refractivity contribution in [2.24, 2.45) is 0 Å². The molecule has 1 aliphatic heterocycles. The summed E-state index contributed by atoms with van der Waals surface area (Å²) in [6.45, 7) is 2.48. The smallest absolute Gasteiger partial charge is 0.154 e. The Hall–Kier alpha value is -1.79. The van der Waals surface area contributed by atoms with Crippen LogP contribution in [0.4, 0.5) is 0 Å². The molecule has 0 radical (unpaired) electrons. The Kier molecular flexibility index (Phi) is 3.52. The first-order chi connectivity index (χ1) is 9.40. The number of nitrogens with one attached hydrogen (secondary N) is 1. The second kappa shape index (κ2) is 5.46. The van der Waals surface area contributed by atoms with Crippen LogP contribution in [0, 0.1) is 0 Å². The van der Waals surface area contributed by atoms with Crippen molar-refractivity contribution in [2.75, 3.05) is 20.3 Å². The standard InChI is InChI=1S/C13H17N5O/c1-19-8-4-11-16-17-13-12(15-6-7-18(11)13)10-3-2-5-14-9-10/h2-3,5,9,12,15H,4,6-8H2,1H3. The number of hydrogen-bond donors (Lipinski definition) is 1. The lowest BCUT2D eigenvalue weighted by molar-refractivity contribution is 0.199. The highest BCUT2D eigenvalue weighted by Crippen LogP contribution is 2.23. The van der Waals surface area contributed by atoms with Crippen LogP contribution in [-0.2, 0) is 17.7 Å². The molecule has 0 aliphatic carbocycles. The van der Waals surface area contributed by atoms with E-state index < -0.39 is 0 Å². The predicted octanol–water partition coefficient (Wildman–Crippen LogP) is 0.555. The highest BCUT2D eigenvalue weighted by atomic mass is 16.5. The molecule has 3 rings (SSSR count). The monoisotopic (exact) mass is 259 g/mol. The lowest BCUT2D eigenvalue weighted by atomic mass is 10.1. The molecule has 1 aliphatic rings. The van der Waals surface area contributed by atoms with Crippen molar-refractivity contribution in [3.05, 3.63) is 41.7 Å². The zero-order chi connectivity index (χ0) is 13.1. The van der Waals surface area contributed by atoms with Gasteiger partial charge in [-0.15, -0.1) is 10.2 Å². The maximum absolute atomic E-state index is 5.11. The third-order valence-electron chi connectivity index (χ3n) is 3.35. The van der Waals surface area contributed by atoms with E-state index in [1.54, 1.807) is 13.3 Å². The van der Waals surface area contributed by atoms with Crippen molar-refractivity contribution in [2.45, 2.75) is 19.0 Å². The van der Waals surface area contributed by atoms with Gasteiger partial charge in [0.2, 0.25) is 0 Å². The van der Waals surface area contributed by atoms with Crippen LogP contribution in [0.25, 0.3) is 0 Å². The quantitative estimate of drug-likeness (QED) is 0.869. The van der Waals surface area contributed by atoms with E-state index >= 15 is 0 Å². The number of fused-ring (bicyclic) bond motifs is 1. The van der Waals surface area contributed by atoms with Gasteiger partial charge in [-0.05, 0) is 11.6 Å². The van der Waals surface area contributed by atoms with Gasteiger partial charge in [-0.2, -0.15) is 0 Å². The first-order valence-electron chi connectivity index (χ1n) is 6.44. The second-order valence-corrected chi connectivity index (χ2v) is 4.54. The van der Waals surface area contributed by atoms with Gasteiger partial charge in [-0.3, -0.25) is 4.98 Å². The van der Waals surface area contributed by atoms with Crippen molar-refractivity contribution in [3.63, 3.8) is 0 Å². The summed E-state index contributed by atoms with van der Waals surface area (Å²) >= 11 is 0. The fraction of sp³-hybridized carbons (Fsp3) is 0.462. The van der Waals surface area contributed by atoms with Gasteiger partial charge in [0.15, 0.2) is 5.82 Å². The van der Waals surface area contributed by atoms with E-state index in [2.05, 4.69) is 31.1 Å². The van der Waals surface area contributed by atoms with E-state index in [1.165, 1.54) is 0 Å². The van der Waals surface area contributed by atoms with Crippen molar-refractivity contribution in [3.8, 4) is 0 Å². The van der Waals surface area contributed by atoms with Crippen molar-refractivity contribution < 1.29 is 4.74 Å². The Morgan fingerprint density at radius 3 is 3.21 bits per heavy atom. The molecule has 0 bridgehead atoms. The molecule has 0 spiro atoms. The number of hydrogen-bond acceptors (Lipinski definition) is 5. The Morgan fingerprint density at radius 1 is 1.47 bits per heavy atom. The fourth-order valence-corrected chi connectivity index (χ4v) is 2.41. The van der Waals surface area contributed by atoms with Gasteiger partial charge in [0.25, 0.3) is 0 Å². The summed E-state index contributed by atoms with van der Waals surface area (Å²) in [4.78, 5) is 4.17. The fourth-order valence-electron chi connectivity index (χ4n) is 2.41. The van der Waals surface area contributed by atoms with Crippen LogP contribution < -0.4 is 5.32 Å². The molecule has 6 heteroatoms. The molecular formula is C13H17N5O. The highest BCUT2D eigenvalue weighted by Gasteiger charge is 2.25. The molecule has 100 valence electrons. The van der Waals surface area contributed by atoms with Crippen LogP contribution in [0.2, 0.25) is 0 Å². The summed E-state index contributed by atoms with van der Waals surface area (Å²) in [6.07, 6.45) is 4.45. The highest BCUT2D eigenvalue weighted by molar-refractivity contribution is 5.23. The van der Waals surface area contributed by atoms with E-state index in [4.69, 9.17) is 4.74 Å². The predicted molar refractivity (Wildman–Crippen MR) is 69.7 cm³/mol. The van der Waals surface area contributed by atoms with Gasteiger partial charge in [0.05, 0.1) is 12.6 Å². The summed E-state index contributed by atoms with van der Waals surface area (Å²) in [5.41, 5.74) is 1.12. The Bertz CT molecular complexity index is 539. The summed E-state index contributed by atoms with van der Waals surface area (Å²) in [5.74, 6) is 1.96. The molecule has 0 aromatic carbocycles. The summed E-state index contributed by atoms with van der Waals surface area (Å²) < 4.78 is 7.30. The average Bonchev–Trinajstić information content (AvgIpc) is 2.89. The molecule has 3 heterocycles. The minimum atomic E-state index is 0.0752. The van der Waals surface area contributed by atoms with Crippen LogP contribution in [0.3, 0.4) is 0 Å². The summed E-state index contributed by atoms with van der Waals surface area (Å²) in [7, 11) is 1.70. The minimum absolute atomic E-state index is 0.0752. The lowest BCUT2D eigenvalue weighted by Gasteiger charge is -2.25. The Morgan fingerprint density at radius 2 is 2.42 bits per heavy atom. The zero-order valence-corrected chi connectivity index (χ0v) is 10.9. The molecule has 1 unspecified atom stereocenters. The molecule has 0 amide bonds. The van der Waals surface area contributed by atoms with E-state index in [0.717, 1.165) is 36.7 Å². The van der Waals surface area contributed by atoms with Gasteiger partial charge in [-0.1, -0.05) is 6.07 Å². The number of rotatable bonds is 4. The van der Waals surface area contributed by atoms with Crippen LogP contribution in [0.5, 0.6) is 0 Å². The number of nitrogens with zero attached hydrogens (tertiary/aromatic N) is 4. The average molecular weight is 259 g/mol. The zero-order valence-electron chi connectivity index (χ0n) is 10.9. The maximum Gasteiger partial charge on any atom is 0.154 e. The number of ether oxygens (including phenoxy) is 1. The van der Waals surface area contributed by atoms with Gasteiger partial charge < -0.3 is 14.6 Å². The first kappa shape index (κ1) is 12.3. The molecule has 19 heavy (non-hydrogen) atoms. The Labute approximate surface area is 111 Å². The Balaban J connectivity index is 1.91. The van der Waals surface area contributed by atoms with Gasteiger partial charge >= 0.3 is 0 Å². The van der Waals surface area contributed by atoms with Gasteiger partial charge in [0, 0.05) is 39.0 Å². The van der Waals surface area contributed by atoms with Crippen LogP contribution in [0.15, 0.2) is 24.5 Å². The lowest BCUT2D eigenvalue weighted by Crippen LogP contribution is -2.35. The molecule has 2 aromatic rings. The molecule has 0 saturated heterocycles. The normalized spacial score (nSPS) is 18.3. The maximum atomic E-state index is 5.11. The van der Waals surface area contributed by atoms with Crippen molar-refractivity contribution >= 4 is 0 Å². The minimum Gasteiger partial charge on any atom is -0.384 e. The molecule has 0 fully saturated rings. The van der Waals surface area contributed by atoms with E-state index in [0.29, 0.717) is 6.61 Å². The second-order valence-electron chi connectivity index (χ2n) is 4.54. The third-order valence-corrected chi connectivity index (χ3v) is 3.35. The topological polar surface area (TPSA) is 64.9 Å². The molecule has 1 N–H and O–H groups in total. The number of pyridine rings is 1. The number of methoxy groups -OCH3 is 1. The number of aromatic nitrogens is 4. The molecule has 0 saturated carbocycles. The van der Waals surface area contributed by atoms with Crippen molar-refractivity contribution in [1.29, 1.82) is 0 Å². The van der Waals surface area contributed by atoms with Crippen LogP contribution >= 0.6 is 0 Å². The molecular weight excluding hydrogens is 242 g/mol. The van der Waals surface area contributed by atoms with Crippen LogP contribution in [-0.4, -0.2) is 40.0 Å². The first-order valence-corrected chi connectivity index (χ1v) is 6.44.